The maximum absolute atomic E-state index is 12.4. The van der Waals surface area contributed by atoms with E-state index >= 15 is 0 Å². The van der Waals surface area contributed by atoms with Crippen molar-refractivity contribution >= 4 is 16.5 Å². The largest absolute Gasteiger partial charge is 0.434 e. The molecule has 19 heavy (non-hydrogen) atoms. The van der Waals surface area contributed by atoms with Crippen molar-refractivity contribution in [3.63, 3.8) is 0 Å². The zero-order valence-corrected chi connectivity index (χ0v) is 10.5. The molecule has 1 unspecified atom stereocenters. The summed E-state index contributed by atoms with van der Waals surface area (Å²) in [5, 5.41) is 13.2. The fourth-order valence-electron chi connectivity index (χ4n) is 1.54. The number of aliphatic hydroxyl groups is 1. The Labute approximate surface area is 111 Å². The van der Waals surface area contributed by atoms with E-state index in [1.54, 1.807) is 24.3 Å². The molecule has 0 saturated carbocycles. The van der Waals surface area contributed by atoms with Gasteiger partial charge in [0.15, 0.2) is 10.8 Å². The van der Waals surface area contributed by atoms with Crippen LogP contribution in [-0.4, -0.2) is 16.7 Å². The number of aromatic nitrogens is 1. The topological polar surface area (TPSA) is 45.1 Å². The molecule has 0 spiro atoms. The van der Waals surface area contributed by atoms with Crippen molar-refractivity contribution < 1.29 is 18.3 Å². The lowest BCUT2D eigenvalue weighted by molar-refractivity contribution is -0.140. The summed E-state index contributed by atoms with van der Waals surface area (Å²) in [6, 6.07) is 8.50. The van der Waals surface area contributed by atoms with Crippen molar-refractivity contribution in [1.29, 1.82) is 0 Å². The molecule has 0 aliphatic carbocycles. The van der Waals surface area contributed by atoms with Gasteiger partial charge in [0, 0.05) is 5.38 Å². The van der Waals surface area contributed by atoms with Gasteiger partial charge in [-0.25, -0.2) is 4.98 Å². The van der Waals surface area contributed by atoms with E-state index in [0.717, 1.165) is 22.3 Å². The van der Waals surface area contributed by atoms with Gasteiger partial charge in [-0.3, -0.25) is 0 Å². The molecule has 2 aromatic rings. The van der Waals surface area contributed by atoms with Crippen LogP contribution in [0.3, 0.4) is 0 Å². The number of anilines is 1. The van der Waals surface area contributed by atoms with E-state index in [1.165, 1.54) is 0 Å². The molecule has 2 rings (SSSR count). The quantitative estimate of drug-likeness (QED) is 0.907. The Morgan fingerprint density at radius 2 is 1.95 bits per heavy atom. The molecule has 0 aliphatic heterocycles. The highest BCUT2D eigenvalue weighted by Gasteiger charge is 2.33. The first-order valence-electron chi connectivity index (χ1n) is 5.46. The van der Waals surface area contributed by atoms with Gasteiger partial charge in [0.1, 0.15) is 0 Å². The highest BCUT2D eigenvalue weighted by molar-refractivity contribution is 7.13. The Bertz CT molecular complexity index is 527. The summed E-state index contributed by atoms with van der Waals surface area (Å²) in [4.78, 5) is 3.47. The summed E-state index contributed by atoms with van der Waals surface area (Å²) in [5.74, 6) is 0. The Kier molecular flexibility index (Phi) is 4.06. The zero-order valence-electron chi connectivity index (χ0n) is 9.69. The van der Waals surface area contributed by atoms with E-state index in [9.17, 15) is 18.3 Å². The maximum Gasteiger partial charge on any atom is 0.434 e. The number of benzene rings is 1. The molecule has 0 radical (unpaired) electrons. The third-order valence-electron chi connectivity index (χ3n) is 2.48. The highest BCUT2D eigenvalue weighted by atomic mass is 32.1. The lowest BCUT2D eigenvalue weighted by atomic mass is 10.1. The van der Waals surface area contributed by atoms with Crippen molar-refractivity contribution in [3.05, 3.63) is 47.0 Å². The highest BCUT2D eigenvalue weighted by Crippen LogP contribution is 2.32. The molecular weight excluding hydrogens is 277 g/mol. The molecule has 0 fully saturated rings. The SMILES string of the molecule is OCC(Nc1nc(C(F)(F)F)cs1)c1ccccc1. The minimum atomic E-state index is -4.45. The first-order valence-corrected chi connectivity index (χ1v) is 6.33. The number of nitrogens with zero attached hydrogens (tertiary/aromatic N) is 1. The molecule has 2 N–H and O–H groups in total. The molecule has 102 valence electrons. The van der Waals surface area contributed by atoms with E-state index in [2.05, 4.69) is 10.3 Å². The molecule has 1 heterocycles. The molecule has 0 saturated heterocycles. The Morgan fingerprint density at radius 3 is 2.47 bits per heavy atom. The van der Waals surface area contributed by atoms with Crippen LogP contribution in [0.15, 0.2) is 35.7 Å². The van der Waals surface area contributed by atoms with Gasteiger partial charge < -0.3 is 10.4 Å². The third-order valence-corrected chi connectivity index (χ3v) is 3.25. The Morgan fingerprint density at radius 1 is 1.26 bits per heavy atom. The summed E-state index contributed by atoms with van der Waals surface area (Å²) >= 11 is 0.861. The van der Waals surface area contributed by atoms with Crippen LogP contribution in [0.1, 0.15) is 17.3 Å². The minimum absolute atomic E-state index is 0.134. The van der Waals surface area contributed by atoms with Gasteiger partial charge >= 0.3 is 6.18 Å². The van der Waals surface area contributed by atoms with E-state index in [1.807, 2.05) is 6.07 Å². The fourth-order valence-corrected chi connectivity index (χ4v) is 2.31. The van der Waals surface area contributed by atoms with Gasteiger partial charge in [-0.1, -0.05) is 30.3 Å². The van der Waals surface area contributed by atoms with Crippen molar-refractivity contribution in [2.75, 3.05) is 11.9 Å². The van der Waals surface area contributed by atoms with Crippen LogP contribution < -0.4 is 5.32 Å². The fraction of sp³-hybridized carbons (Fsp3) is 0.250. The number of alkyl halides is 3. The van der Waals surface area contributed by atoms with Crippen molar-refractivity contribution in [3.8, 4) is 0 Å². The zero-order chi connectivity index (χ0) is 13.9. The molecule has 1 aromatic carbocycles. The summed E-state index contributed by atoms with van der Waals surface area (Å²) in [5.41, 5.74) is -0.140. The number of hydrogen-bond acceptors (Lipinski definition) is 4. The second-order valence-corrected chi connectivity index (χ2v) is 4.68. The monoisotopic (exact) mass is 288 g/mol. The predicted molar refractivity (Wildman–Crippen MR) is 67.0 cm³/mol. The molecule has 3 nitrogen and oxygen atoms in total. The van der Waals surface area contributed by atoms with Gasteiger partial charge in [-0.05, 0) is 5.56 Å². The molecule has 7 heteroatoms. The molecule has 0 amide bonds. The van der Waals surface area contributed by atoms with Crippen LogP contribution in [0.5, 0.6) is 0 Å². The summed E-state index contributed by atoms with van der Waals surface area (Å²) in [7, 11) is 0. The van der Waals surface area contributed by atoms with E-state index in [0.29, 0.717) is 0 Å². The van der Waals surface area contributed by atoms with Crippen LogP contribution in [0.2, 0.25) is 0 Å². The van der Waals surface area contributed by atoms with Crippen LogP contribution in [0.25, 0.3) is 0 Å². The molecule has 1 atom stereocenters. The second kappa shape index (κ2) is 5.58. The first-order chi connectivity index (χ1) is 9.00. The standard InChI is InChI=1S/C12H11F3N2OS/c13-12(14,15)10-7-19-11(17-10)16-9(6-18)8-4-2-1-3-5-8/h1-5,7,9,18H,6H2,(H,16,17). The number of thiazole rings is 1. The predicted octanol–water partition coefficient (Wildman–Crippen LogP) is 3.31. The summed E-state index contributed by atoms with van der Waals surface area (Å²) in [6.07, 6.45) is -4.45. The van der Waals surface area contributed by atoms with Crippen LogP contribution in [-0.2, 0) is 6.18 Å². The smallest absolute Gasteiger partial charge is 0.394 e. The number of halogens is 3. The number of hydrogen-bond donors (Lipinski definition) is 2. The number of rotatable bonds is 4. The van der Waals surface area contributed by atoms with Crippen LogP contribution >= 0.6 is 11.3 Å². The van der Waals surface area contributed by atoms with E-state index in [4.69, 9.17) is 0 Å². The van der Waals surface area contributed by atoms with Gasteiger partial charge in [0.25, 0.3) is 0 Å². The van der Waals surface area contributed by atoms with Crippen LogP contribution in [0, 0.1) is 0 Å². The van der Waals surface area contributed by atoms with Gasteiger partial charge in [-0.2, -0.15) is 13.2 Å². The second-order valence-electron chi connectivity index (χ2n) is 3.83. The third kappa shape index (κ3) is 3.45. The first kappa shape index (κ1) is 13.8. The average Bonchev–Trinajstić information content (AvgIpc) is 2.85. The molecular formula is C12H11F3N2OS. The van der Waals surface area contributed by atoms with E-state index < -0.39 is 17.9 Å². The lowest BCUT2D eigenvalue weighted by Crippen LogP contribution is -2.15. The van der Waals surface area contributed by atoms with E-state index in [-0.39, 0.29) is 11.7 Å². The molecule has 1 aromatic heterocycles. The van der Waals surface area contributed by atoms with Crippen molar-refractivity contribution in [1.82, 2.24) is 4.98 Å². The lowest BCUT2D eigenvalue weighted by Gasteiger charge is -2.15. The summed E-state index contributed by atoms with van der Waals surface area (Å²) in [6.45, 7) is -0.231. The van der Waals surface area contributed by atoms with Gasteiger partial charge in [0.2, 0.25) is 0 Å². The summed E-state index contributed by atoms with van der Waals surface area (Å²) < 4.78 is 37.2. The van der Waals surface area contributed by atoms with Crippen molar-refractivity contribution in [2.45, 2.75) is 12.2 Å². The van der Waals surface area contributed by atoms with Gasteiger partial charge in [0.05, 0.1) is 12.6 Å². The normalized spacial score (nSPS) is 13.3. The van der Waals surface area contributed by atoms with Gasteiger partial charge in [-0.15, -0.1) is 11.3 Å². The number of nitrogens with one attached hydrogen (secondary N) is 1. The average molecular weight is 288 g/mol. The Balaban J connectivity index is 2.13. The Hall–Kier alpha value is -1.60. The van der Waals surface area contributed by atoms with Crippen molar-refractivity contribution in [2.24, 2.45) is 0 Å². The molecule has 0 bridgehead atoms. The maximum atomic E-state index is 12.4. The molecule has 0 aliphatic rings. The van der Waals surface area contributed by atoms with Crippen LogP contribution in [0.4, 0.5) is 18.3 Å². The number of aliphatic hydroxyl groups excluding tert-OH is 1. The minimum Gasteiger partial charge on any atom is -0.394 e.